The number of hydrogen-bond acceptors (Lipinski definition) is 4. The standard InChI is InChI=1S/C22H21IN4O/c23-18-8-4-17(5-9-18)22(28)24-19-10-6-16(7-11-19)20-12-13-21(26-25-20)27-14-2-1-3-15-27/h4-13H,1-3,14-15H2,(H,24,28). The van der Waals surface area contributed by atoms with Gasteiger partial charge in [0.15, 0.2) is 5.82 Å². The first-order valence-corrected chi connectivity index (χ1v) is 10.5. The summed E-state index contributed by atoms with van der Waals surface area (Å²) in [5, 5.41) is 11.7. The molecule has 6 heteroatoms. The van der Waals surface area contributed by atoms with Gasteiger partial charge in [-0.3, -0.25) is 4.79 Å². The van der Waals surface area contributed by atoms with Crippen molar-refractivity contribution in [2.75, 3.05) is 23.3 Å². The molecule has 3 aromatic rings. The SMILES string of the molecule is O=C(Nc1ccc(-c2ccc(N3CCCCC3)nn2)cc1)c1ccc(I)cc1. The fraction of sp³-hybridized carbons (Fsp3) is 0.227. The van der Waals surface area contributed by atoms with E-state index >= 15 is 0 Å². The zero-order chi connectivity index (χ0) is 19.3. The predicted octanol–water partition coefficient (Wildman–Crippen LogP) is 4.99. The highest BCUT2D eigenvalue weighted by Gasteiger charge is 2.13. The number of aromatic nitrogens is 2. The summed E-state index contributed by atoms with van der Waals surface area (Å²) in [6.07, 6.45) is 3.74. The van der Waals surface area contributed by atoms with Crippen LogP contribution in [0.1, 0.15) is 29.6 Å². The van der Waals surface area contributed by atoms with Crippen molar-refractivity contribution in [3.8, 4) is 11.3 Å². The molecule has 0 bridgehead atoms. The summed E-state index contributed by atoms with van der Waals surface area (Å²) in [7, 11) is 0. The number of hydrogen-bond donors (Lipinski definition) is 1. The Morgan fingerprint density at radius 2 is 1.57 bits per heavy atom. The van der Waals surface area contributed by atoms with Crippen molar-refractivity contribution in [3.63, 3.8) is 0 Å². The van der Waals surface area contributed by atoms with Crippen molar-refractivity contribution in [1.82, 2.24) is 10.2 Å². The molecule has 2 aromatic carbocycles. The van der Waals surface area contributed by atoms with Crippen molar-refractivity contribution >= 4 is 40.0 Å². The lowest BCUT2D eigenvalue weighted by Gasteiger charge is -2.27. The number of anilines is 2. The third-order valence-corrected chi connectivity index (χ3v) is 5.59. The van der Waals surface area contributed by atoms with Gasteiger partial charge in [0.05, 0.1) is 5.69 Å². The van der Waals surface area contributed by atoms with Gasteiger partial charge in [-0.05, 0) is 90.4 Å². The molecule has 1 aliphatic rings. The summed E-state index contributed by atoms with van der Waals surface area (Å²) in [5.41, 5.74) is 3.20. The normalized spacial score (nSPS) is 14.0. The van der Waals surface area contributed by atoms with Crippen molar-refractivity contribution in [2.24, 2.45) is 0 Å². The molecule has 28 heavy (non-hydrogen) atoms. The maximum atomic E-state index is 12.3. The summed E-state index contributed by atoms with van der Waals surface area (Å²) in [6.45, 7) is 2.12. The third-order valence-electron chi connectivity index (χ3n) is 4.88. The number of halogens is 1. The zero-order valence-electron chi connectivity index (χ0n) is 15.4. The van der Waals surface area contributed by atoms with Gasteiger partial charge in [0.2, 0.25) is 0 Å². The number of nitrogens with zero attached hydrogens (tertiary/aromatic N) is 3. The molecule has 0 aliphatic carbocycles. The van der Waals surface area contributed by atoms with E-state index in [9.17, 15) is 4.79 Å². The molecule has 1 fully saturated rings. The topological polar surface area (TPSA) is 58.1 Å². The summed E-state index contributed by atoms with van der Waals surface area (Å²) >= 11 is 2.22. The number of carbonyl (C=O) groups is 1. The molecule has 0 atom stereocenters. The van der Waals surface area contributed by atoms with Crippen LogP contribution in [0.5, 0.6) is 0 Å². The first kappa shape index (κ1) is 18.9. The van der Waals surface area contributed by atoms with Gasteiger partial charge in [0.1, 0.15) is 0 Å². The molecule has 1 amide bonds. The minimum atomic E-state index is -0.116. The highest BCUT2D eigenvalue weighted by molar-refractivity contribution is 14.1. The van der Waals surface area contributed by atoms with E-state index in [-0.39, 0.29) is 5.91 Å². The largest absolute Gasteiger partial charge is 0.355 e. The number of carbonyl (C=O) groups excluding carboxylic acids is 1. The Kier molecular flexibility index (Phi) is 5.85. The molecule has 0 spiro atoms. The van der Waals surface area contributed by atoms with E-state index in [0.717, 1.165) is 39.4 Å². The summed E-state index contributed by atoms with van der Waals surface area (Å²) in [5.74, 6) is 0.833. The van der Waals surface area contributed by atoms with Crippen LogP contribution in [-0.2, 0) is 0 Å². The van der Waals surface area contributed by atoms with Gasteiger partial charge in [-0.25, -0.2) is 0 Å². The Balaban J connectivity index is 1.42. The van der Waals surface area contributed by atoms with Crippen molar-refractivity contribution in [1.29, 1.82) is 0 Å². The maximum Gasteiger partial charge on any atom is 0.255 e. The Labute approximate surface area is 178 Å². The van der Waals surface area contributed by atoms with E-state index < -0.39 is 0 Å². The van der Waals surface area contributed by atoms with Crippen LogP contribution in [0.3, 0.4) is 0 Å². The molecule has 5 nitrogen and oxygen atoms in total. The second-order valence-electron chi connectivity index (χ2n) is 6.86. The molecule has 1 aromatic heterocycles. The zero-order valence-corrected chi connectivity index (χ0v) is 17.6. The van der Waals surface area contributed by atoms with Crippen molar-refractivity contribution < 1.29 is 4.79 Å². The van der Waals surface area contributed by atoms with Gasteiger partial charge in [-0.2, -0.15) is 0 Å². The van der Waals surface area contributed by atoms with E-state index in [2.05, 4.69) is 43.0 Å². The summed E-state index contributed by atoms with van der Waals surface area (Å²) in [6, 6.07) is 19.2. The average Bonchev–Trinajstić information content (AvgIpc) is 2.75. The number of piperidine rings is 1. The molecule has 2 heterocycles. The Morgan fingerprint density at radius 3 is 2.21 bits per heavy atom. The van der Waals surface area contributed by atoms with Crippen LogP contribution in [0, 0.1) is 3.57 Å². The molecule has 4 rings (SSSR count). The number of rotatable bonds is 4. The molecule has 1 N–H and O–H groups in total. The molecule has 0 saturated carbocycles. The minimum Gasteiger partial charge on any atom is -0.355 e. The molecule has 0 unspecified atom stereocenters. The monoisotopic (exact) mass is 484 g/mol. The van der Waals surface area contributed by atoms with Gasteiger partial charge in [0, 0.05) is 33.5 Å². The second-order valence-corrected chi connectivity index (χ2v) is 8.11. The molecule has 142 valence electrons. The van der Waals surface area contributed by atoms with Crippen LogP contribution >= 0.6 is 22.6 Å². The average molecular weight is 484 g/mol. The van der Waals surface area contributed by atoms with E-state index in [1.165, 1.54) is 19.3 Å². The molecular weight excluding hydrogens is 463 g/mol. The van der Waals surface area contributed by atoms with Crippen molar-refractivity contribution in [2.45, 2.75) is 19.3 Å². The lowest BCUT2D eigenvalue weighted by atomic mass is 10.1. The highest BCUT2D eigenvalue weighted by Crippen LogP contribution is 2.22. The van der Waals surface area contributed by atoms with Crippen LogP contribution < -0.4 is 10.2 Å². The number of benzene rings is 2. The van der Waals surface area contributed by atoms with E-state index in [0.29, 0.717) is 5.56 Å². The fourth-order valence-electron chi connectivity index (χ4n) is 3.30. The van der Waals surface area contributed by atoms with Crippen LogP contribution in [0.4, 0.5) is 11.5 Å². The lowest BCUT2D eigenvalue weighted by Crippen LogP contribution is -2.30. The maximum absolute atomic E-state index is 12.3. The molecular formula is C22H21IN4O. The van der Waals surface area contributed by atoms with Crippen molar-refractivity contribution in [3.05, 3.63) is 69.8 Å². The smallest absolute Gasteiger partial charge is 0.255 e. The molecule has 1 aliphatic heterocycles. The molecule has 1 saturated heterocycles. The first-order valence-electron chi connectivity index (χ1n) is 9.45. The van der Waals surface area contributed by atoms with Gasteiger partial charge in [-0.1, -0.05) is 12.1 Å². The predicted molar refractivity (Wildman–Crippen MR) is 121 cm³/mol. The van der Waals surface area contributed by atoms with Gasteiger partial charge in [0.25, 0.3) is 5.91 Å². The third kappa shape index (κ3) is 4.49. The Morgan fingerprint density at radius 1 is 0.857 bits per heavy atom. The Bertz CT molecular complexity index is 934. The lowest BCUT2D eigenvalue weighted by molar-refractivity contribution is 0.102. The van der Waals surface area contributed by atoms with E-state index in [1.54, 1.807) is 0 Å². The minimum absolute atomic E-state index is 0.116. The van der Waals surface area contributed by atoms with Crippen LogP contribution in [0.25, 0.3) is 11.3 Å². The van der Waals surface area contributed by atoms with Gasteiger partial charge < -0.3 is 10.2 Å². The van der Waals surface area contributed by atoms with Gasteiger partial charge in [-0.15, -0.1) is 10.2 Å². The quantitative estimate of drug-likeness (QED) is 0.531. The number of amides is 1. The molecule has 0 radical (unpaired) electrons. The van der Waals surface area contributed by atoms with Gasteiger partial charge >= 0.3 is 0 Å². The Hall–Kier alpha value is -2.48. The summed E-state index contributed by atoms with van der Waals surface area (Å²) < 4.78 is 1.10. The summed E-state index contributed by atoms with van der Waals surface area (Å²) in [4.78, 5) is 14.6. The van der Waals surface area contributed by atoms with E-state index in [1.807, 2.05) is 60.7 Å². The highest BCUT2D eigenvalue weighted by atomic mass is 127. The van der Waals surface area contributed by atoms with Crippen LogP contribution in [0.2, 0.25) is 0 Å². The first-order chi connectivity index (χ1) is 13.7. The second kappa shape index (κ2) is 8.68. The van der Waals surface area contributed by atoms with Crippen LogP contribution in [-0.4, -0.2) is 29.2 Å². The van der Waals surface area contributed by atoms with E-state index in [4.69, 9.17) is 0 Å². The number of nitrogens with one attached hydrogen (secondary N) is 1. The fourth-order valence-corrected chi connectivity index (χ4v) is 3.66. The van der Waals surface area contributed by atoms with Crippen LogP contribution in [0.15, 0.2) is 60.7 Å².